The van der Waals surface area contributed by atoms with Gasteiger partial charge >= 0.3 is 0 Å². The van der Waals surface area contributed by atoms with Gasteiger partial charge in [-0.25, -0.2) is 4.98 Å². The number of primary amides is 1. The van der Waals surface area contributed by atoms with Crippen LogP contribution in [0, 0.1) is 5.92 Å². The minimum absolute atomic E-state index is 0.218. The molecule has 0 aliphatic heterocycles. The van der Waals surface area contributed by atoms with E-state index in [1.807, 2.05) is 10.6 Å². The van der Waals surface area contributed by atoms with Gasteiger partial charge in [0.15, 0.2) is 16.7 Å². The molecule has 9 heteroatoms. The fourth-order valence-corrected chi connectivity index (χ4v) is 4.26. The van der Waals surface area contributed by atoms with E-state index in [-0.39, 0.29) is 12.3 Å². The molecule has 0 bridgehead atoms. The highest BCUT2D eigenvalue weighted by Gasteiger charge is 2.17. The maximum Gasteiger partial charge on any atom is 0.219 e. The van der Waals surface area contributed by atoms with Crippen LogP contribution in [-0.2, 0) is 23.5 Å². The highest BCUT2D eigenvalue weighted by atomic mass is 32.2. The Morgan fingerprint density at radius 2 is 2.26 bits per heavy atom. The van der Waals surface area contributed by atoms with E-state index in [1.54, 1.807) is 35.4 Å². The second kappa shape index (κ2) is 9.18. The van der Waals surface area contributed by atoms with Gasteiger partial charge in [-0.15, -0.1) is 21.5 Å². The van der Waals surface area contributed by atoms with Gasteiger partial charge < -0.3 is 10.2 Å². The molecule has 27 heavy (non-hydrogen) atoms. The van der Waals surface area contributed by atoms with Crippen molar-refractivity contribution >= 4 is 29.0 Å². The van der Waals surface area contributed by atoms with E-state index in [0.717, 1.165) is 23.7 Å². The maximum absolute atomic E-state index is 11.2. The van der Waals surface area contributed by atoms with Crippen LogP contribution in [0.3, 0.4) is 0 Å². The molecule has 1 amide bonds. The van der Waals surface area contributed by atoms with Crippen molar-refractivity contribution in [2.75, 3.05) is 0 Å². The summed E-state index contributed by atoms with van der Waals surface area (Å²) >= 11 is 3.25. The number of furan rings is 1. The molecule has 2 N–H and O–H groups in total. The van der Waals surface area contributed by atoms with Gasteiger partial charge in [-0.05, 0) is 30.9 Å². The second-order valence-corrected chi connectivity index (χ2v) is 8.49. The fourth-order valence-electron chi connectivity index (χ4n) is 2.49. The Morgan fingerprint density at radius 3 is 2.96 bits per heavy atom. The lowest BCUT2D eigenvalue weighted by Crippen LogP contribution is -2.15. The highest BCUT2D eigenvalue weighted by Crippen LogP contribution is 2.27. The number of rotatable bonds is 10. The number of aromatic nitrogens is 4. The van der Waals surface area contributed by atoms with Crippen molar-refractivity contribution in [3.63, 3.8) is 0 Å². The number of thioether (sulfide) groups is 1. The molecule has 7 nitrogen and oxygen atoms in total. The molecule has 0 spiro atoms. The molecule has 0 unspecified atom stereocenters. The summed E-state index contributed by atoms with van der Waals surface area (Å²) in [7, 11) is 0. The minimum Gasteiger partial charge on any atom is -0.461 e. The Bertz CT molecular complexity index is 870. The van der Waals surface area contributed by atoms with Crippen molar-refractivity contribution in [2.24, 2.45) is 11.7 Å². The van der Waals surface area contributed by atoms with Crippen LogP contribution in [0.5, 0.6) is 0 Å². The van der Waals surface area contributed by atoms with Gasteiger partial charge in [0.1, 0.15) is 0 Å². The number of aryl methyl sites for hydroxylation is 1. The first-order valence-corrected chi connectivity index (χ1v) is 10.7. The zero-order valence-electron chi connectivity index (χ0n) is 15.4. The number of amides is 1. The van der Waals surface area contributed by atoms with Crippen LogP contribution in [-0.4, -0.2) is 25.7 Å². The lowest BCUT2D eigenvalue weighted by Gasteiger charge is -2.07. The van der Waals surface area contributed by atoms with Crippen LogP contribution in [0.25, 0.3) is 11.6 Å². The van der Waals surface area contributed by atoms with Crippen LogP contribution in [0.4, 0.5) is 0 Å². The van der Waals surface area contributed by atoms with Gasteiger partial charge in [0.05, 0.1) is 17.0 Å². The molecule has 3 aromatic rings. The van der Waals surface area contributed by atoms with Gasteiger partial charge in [-0.3, -0.25) is 9.36 Å². The number of thiazole rings is 1. The van der Waals surface area contributed by atoms with E-state index in [9.17, 15) is 4.79 Å². The van der Waals surface area contributed by atoms with Crippen molar-refractivity contribution in [3.05, 3.63) is 34.5 Å². The van der Waals surface area contributed by atoms with Crippen molar-refractivity contribution < 1.29 is 9.21 Å². The lowest BCUT2D eigenvalue weighted by atomic mass is 10.1. The summed E-state index contributed by atoms with van der Waals surface area (Å²) in [6.07, 6.45) is 3.97. The van der Waals surface area contributed by atoms with E-state index in [2.05, 4.69) is 29.4 Å². The molecule has 3 aromatic heterocycles. The SMILES string of the molecule is CC(C)CCc1nc(CSc2nnc(-c3ccco3)n2CCC(N)=O)cs1. The third kappa shape index (κ3) is 5.43. The van der Waals surface area contributed by atoms with Crippen LogP contribution in [0.1, 0.15) is 37.4 Å². The predicted octanol–water partition coefficient (Wildman–Crippen LogP) is 3.75. The summed E-state index contributed by atoms with van der Waals surface area (Å²) in [5.41, 5.74) is 6.35. The van der Waals surface area contributed by atoms with E-state index in [1.165, 1.54) is 5.01 Å². The molecule has 0 atom stereocenters. The molecular formula is C18H23N5O2S2. The van der Waals surface area contributed by atoms with E-state index in [4.69, 9.17) is 15.1 Å². The van der Waals surface area contributed by atoms with Gasteiger partial charge in [0, 0.05) is 24.1 Å². The van der Waals surface area contributed by atoms with Gasteiger partial charge in [-0.1, -0.05) is 25.6 Å². The molecule has 0 aromatic carbocycles. The zero-order chi connectivity index (χ0) is 19.2. The average Bonchev–Trinajstić information content (AvgIpc) is 3.35. The molecule has 144 valence electrons. The van der Waals surface area contributed by atoms with Crippen molar-refractivity contribution in [1.82, 2.24) is 19.7 Å². The molecule has 0 fully saturated rings. The smallest absolute Gasteiger partial charge is 0.219 e. The summed E-state index contributed by atoms with van der Waals surface area (Å²) in [5.74, 6) is 2.23. The van der Waals surface area contributed by atoms with E-state index in [0.29, 0.717) is 29.8 Å². The van der Waals surface area contributed by atoms with Crippen LogP contribution >= 0.6 is 23.1 Å². The summed E-state index contributed by atoms with van der Waals surface area (Å²) in [6, 6.07) is 3.61. The molecule has 0 aliphatic carbocycles. The summed E-state index contributed by atoms with van der Waals surface area (Å²) in [4.78, 5) is 15.9. The first-order chi connectivity index (χ1) is 13.0. The summed E-state index contributed by atoms with van der Waals surface area (Å²) < 4.78 is 7.31. The number of nitrogens with zero attached hydrogens (tertiary/aromatic N) is 4. The standard InChI is InChI=1S/C18H23N5O2S2/c1-12(2)5-6-16-20-13(10-26-16)11-27-18-22-21-17(14-4-3-9-25-14)23(18)8-7-15(19)24/h3-4,9-10,12H,5-8,11H2,1-2H3,(H2,19,24). The fraction of sp³-hybridized carbons (Fsp3) is 0.444. The van der Waals surface area contributed by atoms with Gasteiger partial charge in [0.25, 0.3) is 0 Å². The molecule has 3 rings (SSSR count). The zero-order valence-corrected chi connectivity index (χ0v) is 17.1. The summed E-state index contributed by atoms with van der Waals surface area (Å²) in [6.45, 7) is 4.86. The Balaban J connectivity index is 1.70. The van der Waals surface area contributed by atoms with Gasteiger partial charge in [0.2, 0.25) is 5.91 Å². The minimum atomic E-state index is -0.362. The van der Waals surface area contributed by atoms with Crippen LogP contribution in [0.15, 0.2) is 33.3 Å². The second-order valence-electron chi connectivity index (χ2n) is 6.61. The topological polar surface area (TPSA) is 99.8 Å². The Morgan fingerprint density at radius 1 is 1.41 bits per heavy atom. The normalized spacial score (nSPS) is 11.4. The van der Waals surface area contributed by atoms with E-state index >= 15 is 0 Å². The molecule has 0 saturated heterocycles. The van der Waals surface area contributed by atoms with E-state index < -0.39 is 0 Å². The third-order valence-corrected chi connectivity index (χ3v) is 5.88. The third-order valence-electron chi connectivity index (χ3n) is 3.92. The van der Waals surface area contributed by atoms with Crippen molar-refractivity contribution in [1.29, 1.82) is 0 Å². The van der Waals surface area contributed by atoms with Crippen molar-refractivity contribution in [2.45, 2.75) is 50.6 Å². The highest BCUT2D eigenvalue weighted by molar-refractivity contribution is 7.98. The number of hydrogen-bond donors (Lipinski definition) is 1. The molecule has 0 aliphatic rings. The monoisotopic (exact) mass is 405 g/mol. The number of carbonyl (C=O) groups excluding carboxylic acids is 1. The quantitative estimate of drug-likeness (QED) is 0.516. The summed E-state index contributed by atoms with van der Waals surface area (Å²) in [5, 5.41) is 12.5. The Kier molecular flexibility index (Phi) is 6.68. The van der Waals surface area contributed by atoms with Gasteiger partial charge in [-0.2, -0.15) is 0 Å². The molecular weight excluding hydrogens is 382 g/mol. The predicted molar refractivity (Wildman–Crippen MR) is 106 cm³/mol. The first kappa shape index (κ1) is 19.6. The maximum atomic E-state index is 11.2. The Hall–Kier alpha value is -2.13. The first-order valence-electron chi connectivity index (χ1n) is 8.84. The Labute approximate surface area is 166 Å². The number of nitrogens with two attached hydrogens (primary N) is 1. The van der Waals surface area contributed by atoms with Crippen LogP contribution in [0.2, 0.25) is 0 Å². The molecule has 3 heterocycles. The molecule has 0 saturated carbocycles. The number of hydrogen-bond acceptors (Lipinski definition) is 7. The largest absolute Gasteiger partial charge is 0.461 e. The van der Waals surface area contributed by atoms with Crippen molar-refractivity contribution in [3.8, 4) is 11.6 Å². The molecule has 0 radical (unpaired) electrons. The average molecular weight is 406 g/mol. The number of carbonyl (C=O) groups is 1. The van der Waals surface area contributed by atoms with Crippen LogP contribution < -0.4 is 5.73 Å². The lowest BCUT2D eigenvalue weighted by molar-refractivity contribution is -0.118.